The Hall–Kier alpha value is -1.32. The molecule has 2 rings (SSSR count). The van der Waals surface area contributed by atoms with Gasteiger partial charge in [0.05, 0.1) is 0 Å². The Labute approximate surface area is 83.0 Å². The van der Waals surface area contributed by atoms with E-state index in [1.165, 1.54) is 12.8 Å². The highest BCUT2D eigenvalue weighted by molar-refractivity contribution is 5.36. The number of aryl methyl sites for hydroxylation is 1. The molecular formula is C10H15N3O. The van der Waals surface area contributed by atoms with E-state index in [1.807, 2.05) is 7.05 Å². The molecule has 1 aliphatic carbocycles. The predicted molar refractivity (Wildman–Crippen MR) is 55.6 cm³/mol. The van der Waals surface area contributed by atoms with Crippen LogP contribution in [0.4, 0.5) is 5.82 Å². The van der Waals surface area contributed by atoms with Crippen LogP contribution in [0.5, 0.6) is 0 Å². The average molecular weight is 193 g/mol. The van der Waals surface area contributed by atoms with E-state index in [0.29, 0.717) is 5.82 Å². The third kappa shape index (κ3) is 2.13. The second-order valence-electron chi connectivity index (χ2n) is 4.01. The van der Waals surface area contributed by atoms with E-state index in [9.17, 15) is 4.79 Å². The molecule has 0 aliphatic heterocycles. The first-order valence-electron chi connectivity index (χ1n) is 4.94. The largest absolute Gasteiger partial charge is 0.359 e. The van der Waals surface area contributed by atoms with Crippen LogP contribution in [0.15, 0.2) is 10.9 Å². The Morgan fingerprint density at radius 2 is 2.36 bits per heavy atom. The van der Waals surface area contributed by atoms with Gasteiger partial charge in [0, 0.05) is 19.7 Å². The van der Waals surface area contributed by atoms with Crippen molar-refractivity contribution < 1.29 is 0 Å². The summed E-state index contributed by atoms with van der Waals surface area (Å²) in [5.74, 6) is 2.26. The maximum atomic E-state index is 11.2. The fraction of sp³-hybridized carbons (Fsp3) is 0.600. The van der Waals surface area contributed by atoms with Crippen molar-refractivity contribution in [2.24, 2.45) is 5.92 Å². The second-order valence-corrected chi connectivity index (χ2v) is 4.01. The SMILES string of the molecule is Cc1nc(N(C)CC2CC2)cc(=O)[nH]1. The van der Waals surface area contributed by atoms with Crippen LogP contribution in [-0.4, -0.2) is 23.6 Å². The molecule has 1 fully saturated rings. The molecule has 0 unspecified atom stereocenters. The zero-order valence-corrected chi connectivity index (χ0v) is 8.58. The number of rotatable bonds is 3. The van der Waals surface area contributed by atoms with E-state index in [0.717, 1.165) is 18.3 Å². The minimum absolute atomic E-state index is 0.0739. The summed E-state index contributed by atoms with van der Waals surface area (Å²) in [6, 6.07) is 1.55. The first-order chi connectivity index (χ1) is 6.65. The molecule has 0 amide bonds. The Balaban J connectivity index is 2.16. The summed E-state index contributed by atoms with van der Waals surface area (Å²) >= 11 is 0. The molecule has 0 radical (unpaired) electrons. The smallest absolute Gasteiger partial charge is 0.252 e. The highest BCUT2D eigenvalue weighted by atomic mass is 16.1. The molecule has 1 aromatic heterocycles. The maximum absolute atomic E-state index is 11.2. The highest BCUT2D eigenvalue weighted by Crippen LogP contribution is 2.30. The Morgan fingerprint density at radius 3 is 2.93 bits per heavy atom. The molecule has 1 N–H and O–H groups in total. The summed E-state index contributed by atoms with van der Waals surface area (Å²) in [6.07, 6.45) is 2.62. The van der Waals surface area contributed by atoms with Gasteiger partial charge in [-0.1, -0.05) is 0 Å². The van der Waals surface area contributed by atoms with Gasteiger partial charge >= 0.3 is 0 Å². The molecule has 14 heavy (non-hydrogen) atoms. The predicted octanol–water partition coefficient (Wildman–Crippen LogP) is 0.925. The van der Waals surface area contributed by atoms with Gasteiger partial charge < -0.3 is 9.88 Å². The number of aromatic amines is 1. The average Bonchev–Trinajstić information content (AvgIpc) is 2.86. The van der Waals surface area contributed by atoms with Crippen LogP contribution >= 0.6 is 0 Å². The van der Waals surface area contributed by atoms with Crippen molar-refractivity contribution in [1.29, 1.82) is 0 Å². The van der Waals surface area contributed by atoms with Crippen molar-refractivity contribution in [1.82, 2.24) is 9.97 Å². The zero-order valence-electron chi connectivity index (χ0n) is 8.58. The molecule has 1 saturated carbocycles. The fourth-order valence-corrected chi connectivity index (χ4v) is 1.54. The van der Waals surface area contributed by atoms with Gasteiger partial charge in [-0.25, -0.2) is 4.98 Å². The van der Waals surface area contributed by atoms with E-state index in [4.69, 9.17) is 0 Å². The quantitative estimate of drug-likeness (QED) is 0.776. The molecule has 0 saturated heterocycles. The molecule has 0 bridgehead atoms. The summed E-state index contributed by atoms with van der Waals surface area (Å²) in [6.45, 7) is 2.81. The number of nitrogens with zero attached hydrogens (tertiary/aromatic N) is 2. The molecule has 76 valence electrons. The van der Waals surface area contributed by atoms with Gasteiger partial charge in [0.25, 0.3) is 5.56 Å². The molecule has 4 nitrogen and oxygen atoms in total. The number of aromatic nitrogens is 2. The van der Waals surface area contributed by atoms with E-state index in [1.54, 1.807) is 13.0 Å². The van der Waals surface area contributed by atoms with Crippen LogP contribution < -0.4 is 10.5 Å². The molecule has 4 heteroatoms. The minimum Gasteiger partial charge on any atom is -0.359 e. The molecule has 0 atom stereocenters. The van der Waals surface area contributed by atoms with Crippen molar-refractivity contribution in [3.05, 3.63) is 22.2 Å². The van der Waals surface area contributed by atoms with E-state index in [2.05, 4.69) is 14.9 Å². The molecule has 0 aromatic carbocycles. The normalized spacial score (nSPS) is 15.6. The summed E-state index contributed by atoms with van der Waals surface area (Å²) in [5, 5.41) is 0. The van der Waals surface area contributed by atoms with Gasteiger partial charge in [0.2, 0.25) is 0 Å². The van der Waals surface area contributed by atoms with E-state index < -0.39 is 0 Å². The monoisotopic (exact) mass is 193 g/mol. The van der Waals surface area contributed by atoms with Crippen molar-refractivity contribution >= 4 is 5.82 Å². The van der Waals surface area contributed by atoms with Gasteiger partial charge in [-0.15, -0.1) is 0 Å². The molecule has 1 heterocycles. The number of hydrogen-bond donors (Lipinski definition) is 1. The van der Waals surface area contributed by atoms with Crippen LogP contribution in [0, 0.1) is 12.8 Å². The van der Waals surface area contributed by atoms with E-state index >= 15 is 0 Å². The lowest BCUT2D eigenvalue weighted by atomic mass is 10.4. The highest BCUT2D eigenvalue weighted by Gasteiger charge is 2.23. The van der Waals surface area contributed by atoms with Gasteiger partial charge in [-0.3, -0.25) is 4.79 Å². The Morgan fingerprint density at radius 1 is 1.64 bits per heavy atom. The standard InChI is InChI=1S/C10H15N3O/c1-7-11-9(5-10(14)12-7)13(2)6-8-3-4-8/h5,8H,3-4,6H2,1-2H3,(H,11,12,14). The van der Waals surface area contributed by atoms with Crippen LogP contribution in [0.2, 0.25) is 0 Å². The number of anilines is 1. The van der Waals surface area contributed by atoms with Crippen LogP contribution in [0.1, 0.15) is 18.7 Å². The van der Waals surface area contributed by atoms with Gasteiger partial charge in [0.1, 0.15) is 11.6 Å². The first-order valence-corrected chi connectivity index (χ1v) is 4.94. The summed E-state index contributed by atoms with van der Waals surface area (Å²) < 4.78 is 0. The summed E-state index contributed by atoms with van der Waals surface area (Å²) in [4.78, 5) is 20.2. The number of hydrogen-bond acceptors (Lipinski definition) is 3. The fourth-order valence-electron chi connectivity index (χ4n) is 1.54. The van der Waals surface area contributed by atoms with Crippen LogP contribution in [0.3, 0.4) is 0 Å². The summed E-state index contributed by atoms with van der Waals surface area (Å²) in [5.41, 5.74) is -0.0739. The van der Waals surface area contributed by atoms with Crippen LogP contribution in [0.25, 0.3) is 0 Å². The Kier molecular flexibility index (Phi) is 2.27. The summed E-state index contributed by atoms with van der Waals surface area (Å²) in [7, 11) is 1.99. The second kappa shape index (κ2) is 3.44. The molecule has 1 aliphatic rings. The Bertz CT molecular complexity index is 381. The number of H-pyrrole nitrogens is 1. The third-order valence-electron chi connectivity index (χ3n) is 2.47. The molecule has 1 aromatic rings. The van der Waals surface area contributed by atoms with Gasteiger partial charge in [-0.2, -0.15) is 0 Å². The van der Waals surface area contributed by atoms with Crippen LogP contribution in [-0.2, 0) is 0 Å². The molecule has 0 spiro atoms. The maximum Gasteiger partial charge on any atom is 0.252 e. The number of nitrogens with one attached hydrogen (secondary N) is 1. The zero-order chi connectivity index (χ0) is 10.1. The van der Waals surface area contributed by atoms with Gasteiger partial charge in [-0.05, 0) is 25.7 Å². The van der Waals surface area contributed by atoms with Gasteiger partial charge in [0.15, 0.2) is 0 Å². The lowest BCUT2D eigenvalue weighted by molar-refractivity contribution is 0.771. The topological polar surface area (TPSA) is 49.0 Å². The van der Waals surface area contributed by atoms with Crippen molar-refractivity contribution in [2.45, 2.75) is 19.8 Å². The lowest BCUT2D eigenvalue weighted by Crippen LogP contribution is -2.23. The molecular weight excluding hydrogens is 178 g/mol. The van der Waals surface area contributed by atoms with Crippen molar-refractivity contribution in [2.75, 3.05) is 18.5 Å². The van der Waals surface area contributed by atoms with Crippen molar-refractivity contribution in [3.63, 3.8) is 0 Å². The van der Waals surface area contributed by atoms with Crippen molar-refractivity contribution in [3.8, 4) is 0 Å². The minimum atomic E-state index is -0.0739. The first kappa shape index (κ1) is 9.24. The van der Waals surface area contributed by atoms with E-state index in [-0.39, 0.29) is 5.56 Å². The third-order valence-corrected chi connectivity index (χ3v) is 2.47. The lowest BCUT2D eigenvalue weighted by Gasteiger charge is -2.17.